The third-order valence-electron chi connectivity index (χ3n) is 3.06. The highest BCUT2D eigenvalue weighted by atomic mass is 16.7. The van der Waals surface area contributed by atoms with Crippen molar-refractivity contribution in [1.82, 2.24) is 0 Å². The van der Waals surface area contributed by atoms with E-state index in [9.17, 15) is 0 Å². The zero-order valence-corrected chi connectivity index (χ0v) is 10.5. The first-order valence-corrected chi connectivity index (χ1v) is 6.28. The molecular formula is C14H18O4. The molecule has 0 aromatic heterocycles. The Bertz CT molecular complexity index is 391. The number of fused-ring (bicyclic) bond motifs is 1. The molecule has 1 saturated carbocycles. The van der Waals surface area contributed by atoms with Gasteiger partial charge in [0, 0.05) is 19.8 Å². The number of aliphatic carboxylic acids is 1. The maximum Gasteiger partial charge on any atom is 0.300 e. The molecule has 1 spiro atoms. The fourth-order valence-corrected chi connectivity index (χ4v) is 2.33. The first-order valence-electron chi connectivity index (χ1n) is 6.28. The lowest BCUT2D eigenvalue weighted by molar-refractivity contribution is -0.134. The lowest BCUT2D eigenvalue weighted by Gasteiger charge is -2.31. The molecule has 0 radical (unpaired) electrons. The molecule has 1 aliphatic heterocycles. The average molecular weight is 250 g/mol. The number of para-hydroxylation sites is 2. The molecule has 1 aromatic carbocycles. The van der Waals surface area contributed by atoms with Gasteiger partial charge in [0.15, 0.2) is 11.5 Å². The molecule has 0 atom stereocenters. The van der Waals surface area contributed by atoms with Crippen LogP contribution >= 0.6 is 0 Å². The molecule has 1 heterocycles. The summed E-state index contributed by atoms with van der Waals surface area (Å²) in [7, 11) is 0. The topological polar surface area (TPSA) is 55.8 Å². The summed E-state index contributed by atoms with van der Waals surface area (Å²) in [5.74, 6) is 0.672. The molecule has 1 aromatic rings. The number of carboxylic acids is 1. The Morgan fingerprint density at radius 3 is 2.00 bits per heavy atom. The molecular weight excluding hydrogens is 232 g/mol. The Kier molecular flexibility index (Phi) is 3.75. The summed E-state index contributed by atoms with van der Waals surface area (Å²) in [6, 6.07) is 7.95. The Balaban J connectivity index is 0.000000267. The van der Waals surface area contributed by atoms with Gasteiger partial charge in [-0.05, 0) is 25.0 Å². The molecule has 1 fully saturated rings. The lowest BCUT2D eigenvalue weighted by Crippen LogP contribution is -2.40. The summed E-state index contributed by atoms with van der Waals surface area (Å²) >= 11 is 0. The summed E-state index contributed by atoms with van der Waals surface area (Å²) in [6.07, 6.45) is 5.80. The van der Waals surface area contributed by atoms with Crippen LogP contribution in [0, 0.1) is 0 Å². The van der Waals surface area contributed by atoms with Crippen molar-refractivity contribution >= 4 is 5.97 Å². The Hall–Kier alpha value is -1.71. The smallest absolute Gasteiger partial charge is 0.300 e. The van der Waals surface area contributed by atoms with Crippen LogP contribution in [0.4, 0.5) is 0 Å². The number of carbonyl (C=O) groups is 1. The summed E-state index contributed by atoms with van der Waals surface area (Å²) in [4.78, 5) is 9.00. The molecule has 4 nitrogen and oxygen atoms in total. The van der Waals surface area contributed by atoms with Gasteiger partial charge in [0.25, 0.3) is 11.8 Å². The van der Waals surface area contributed by atoms with Gasteiger partial charge in [-0.2, -0.15) is 0 Å². The highest BCUT2D eigenvalue weighted by Crippen LogP contribution is 2.44. The molecule has 98 valence electrons. The largest absolute Gasteiger partial charge is 0.481 e. The van der Waals surface area contributed by atoms with Gasteiger partial charge in [0.2, 0.25) is 0 Å². The third-order valence-corrected chi connectivity index (χ3v) is 3.06. The van der Waals surface area contributed by atoms with Gasteiger partial charge >= 0.3 is 0 Å². The fraction of sp³-hybridized carbons (Fsp3) is 0.500. The van der Waals surface area contributed by atoms with Crippen LogP contribution in [0.3, 0.4) is 0 Å². The molecule has 0 unspecified atom stereocenters. The normalized spacial score (nSPS) is 18.9. The zero-order valence-electron chi connectivity index (χ0n) is 10.5. The van der Waals surface area contributed by atoms with E-state index in [0.29, 0.717) is 0 Å². The third kappa shape index (κ3) is 2.94. The molecule has 0 bridgehead atoms. The number of hydrogen-bond donors (Lipinski definition) is 1. The number of ether oxygens (including phenoxy) is 2. The van der Waals surface area contributed by atoms with Crippen LogP contribution in [0.1, 0.15) is 39.0 Å². The van der Waals surface area contributed by atoms with Gasteiger partial charge in [-0.25, -0.2) is 0 Å². The van der Waals surface area contributed by atoms with Gasteiger partial charge in [-0.15, -0.1) is 0 Å². The molecule has 0 amide bonds. The maximum atomic E-state index is 9.00. The van der Waals surface area contributed by atoms with Crippen LogP contribution in [0.15, 0.2) is 24.3 Å². The van der Waals surface area contributed by atoms with Crippen LogP contribution in [-0.2, 0) is 4.79 Å². The van der Waals surface area contributed by atoms with Crippen LogP contribution in [0.25, 0.3) is 0 Å². The number of hydrogen-bond acceptors (Lipinski definition) is 3. The van der Waals surface area contributed by atoms with E-state index >= 15 is 0 Å². The van der Waals surface area contributed by atoms with Gasteiger partial charge in [0.05, 0.1) is 0 Å². The summed E-state index contributed by atoms with van der Waals surface area (Å²) in [5.41, 5.74) is 0. The zero-order chi connectivity index (χ0) is 13.0. The van der Waals surface area contributed by atoms with Crippen molar-refractivity contribution in [3.05, 3.63) is 24.3 Å². The standard InChI is InChI=1S/C12H14O2.C2H4O2/c1-4-8-12(9-5-1)13-10-6-2-3-7-11(10)14-12;1-2(3)4/h2-3,6-7H,1,4-5,8-9H2;1H3,(H,3,4). The lowest BCUT2D eigenvalue weighted by atomic mass is 9.94. The van der Waals surface area contributed by atoms with E-state index in [1.807, 2.05) is 24.3 Å². The van der Waals surface area contributed by atoms with Gasteiger partial charge in [-0.1, -0.05) is 18.6 Å². The van der Waals surface area contributed by atoms with Crippen molar-refractivity contribution in [2.45, 2.75) is 44.8 Å². The van der Waals surface area contributed by atoms with E-state index in [2.05, 4.69) is 0 Å². The van der Waals surface area contributed by atoms with Crippen LogP contribution in [0.5, 0.6) is 11.5 Å². The predicted octanol–water partition coefficient (Wildman–Crippen LogP) is 3.21. The van der Waals surface area contributed by atoms with E-state index in [1.54, 1.807) is 0 Å². The minimum atomic E-state index is -0.833. The van der Waals surface area contributed by atoms with Crippen LogP contribution in [-0.4, -0.2) is 16.9 Å². The second-order valence-electron chi connectivity index (χ2n) is 4.64. The second-order valence-corrected chi connectivity index (χ2v) is 4.64. The van der Waals surface area contributed by atoms with Crippen LogP contribution < -0.4 is 9.47 Å². The van der Waals surface area contributed by atoms with E-state index < -0.39 is 5.97 Å². The molecule has 0 saturated heterocycles. The van der Waals surface area contributed by atoms with Gasteiger partial charge < -0.3 is 14.6 Å². The summed E-state index contributed by atoms with van der Waals surface area (Å²) in [6.45, 7) is 1.08. The highest BCUT2D eigenvalue weighted by molar-refractivity contribution is 5.62. The molecule has 4 heteroatoms. The number of carboxylic acid groups (broad SMARTS) is 1. The Morgan fingerprint density at radius 2 is 1.56 bits per heavy atom. The Labute approximate surface area is 107 Å². The van der Waals surface area contributed by atoms with Crippen molar-refractivity contribution in [2.24, 2.45) is 0 Å². The molecule has 1 aliphatic carbocycles. The molecule has 1 N–H and O–H groups in total. The number of rotatable bonds is 0. The second kappa shape index (κ2) is 5.29. The maximum absolute atomic E-state index is 9.00. The Morgan fingerprint density at radius 1 is 1.11 bits per heavy atom. The fourth-order valence-electron chi connectivity index (χ4n) is 2.33. The predicted molar refractivity (Wildman–Crippen MR) is 66.8 cm³/mol. The molecule has 2 aliphatic rings. The number of benzene rings is 1. The van der Waals surface area contributed by atoms with Gasteiger partial charge in [0.1, 0.15) is 0 Å². The first kappa shape index (κ1) is 12.7. The van der Waals surface area contributed by atoms with E-state index in [0.717, 1.165) is 31.3 Å². The van der Waals surface area contributed by atoms with Crippen molar-refractivity contribution in [2.75, 3.05) is 0 Å². The van der Waals surface area contributed by atoms with Crippen LogP contribution in [0.2, 0.25) is 0 Å². The summed E-state index contributed by atoms with van der Waals surface area (Å²) in [5, 5.41) is 7.42. The van der Waals surface area contributed by atoms with E-state index in [4.69, 9.17) is 19.4 Å². The highest BCUT2D eigenvalue weighted by Gasteiger charge is 2.42. The van der Waals surface area contributed by atoms with E-state index in [1.165, 1.54) is 19.3 Å². The molecule has 18 heavy (non-hydrogen) atoms. The average Bonchev–Trinajstić information content (AvgIpc) is 2.66. The van der Waals surface area contributed by atoms with Crippen molar-refractivity contribution in [1.29, 1.82) is 0 Å². The van der Waals surface area contributed by atoms with Crippen molar-refractivity contribution in [3.63, 3.8) is 0 Å². The van der Waals surface area contributed by atoms with Gasteiger partial charge in [-0.3, -0.25) is 4.79 Å². The minimum absolute atomic E-state index is 0.318. The minimum Gasteiger partial charge on any atom is -0.481 e. The van der Waals surface area contributed by atoms with Crippen molar-refractivity contribution in [3.8, 4) is 11.5 Å². The molecule has 3 rings (SSSR count). The summed E-state index contributed by atoms with van der Waals surface area (Å²) < 4.78 is 11.8. The quantitative estimate of drug-likeness (QED) is 0.768. The van der Waals surface area contributed by atoms with E-state index in [-0.39, 0.29) is 5.79 Å². The van der Waals surface area contributed by atoms with Crippen molar-refractivity contribution < 1.29 is 19.4 Å². The first-order chi connectivity index (χ1) is 8.61. The monoisotopic (exact) mass is 250 g/mol. The SMILES string of the molecule is CC(=O)O.c1ccc2c(c1)OC1(CCCCC1)O2.